The van der Waals surface area contributed by atoms with Crippen molar-refractivity contribution in [2.24, 2.45) is 0 Å². The quantitative estimate of drug-likeness (QED) is 0.738. The summed E-state index contributed by atoms with van der Waals surface area (Å²) in [5.74, 6) is -0.0474. The van der Waals surface area contributed by atoms with E-state index in [0.717, 1.165) is 11.1 Å². The number of aryl methyl sites for hydroxylation is 1. The molecule has 0 aliphatic heterocycles. The van der Waals surface area contributed by atoms with Gasteiger partial charge in [-0.1, -0.05) is 17.7 Å². The summed E-state index contributed by atoms with van der Waals surface area (Å²) in [6.45, 7) is 2.53. The van der Waals surface area contributed by atoms with Crippen LogP contribution < -0.4 is 22.7 Å². The van der Waals surface area contributed by atoms with Gasteiger partial charge in [0, 0.05) is 23.7 Å². The Morgan fingerprint density at radius 2 is 1.94 bits per heavy atom. The van der Waals surface area contributed by atoms with Gasteiger partial charge in [0.05, 0.1) is 0 Å². The summed E-state index contributed by atoms with van der Waals surface area (Å²) in [4.78, 5) is 14.8. The van der Waals surface area contributed by atoms with Gasteiger partial charge >= 0.3 is 0 Å². The average Bonchev–Trinajstić information content (AvgIpc) is 2.38. The zero-order valence-electron chi connectivity index (χ0n) is 10.1. The number of benzene rings is 1. The van der Waals surface area contributed by atoms with Crippen molar-refractivity contribution in [3.63, 3.8) is 0 Å². The second kappa shape index (κ2) is 6.77. The van der Waals surface area contributed by atoms with E-state index in [-0.39, 0.29) is 18.3 Å². The molecule has 0 atom stereocenters. The molecule has 0 saturated carbocycles. The lowest BCUT2D eigenvalue weighted by Gasteiger charge is -2.04. The van der Waals surface area contributed by atoms with Gasteiger partial charge in [-0.25, -0.2) is 4.98 Å². The van der Waals surface area contributed by atoms with E-state index in [4.69, 9.17) is 0 Å². The summed E-state index contributed by atoms with van der Waals surface area (Å²) >= 11 is 0. The molecule has 0 bridgehead atoms. The minimum atomic E-state index is -0.0474. The molecule has 2 N–H and O–H groups in total. The number of halogens is 1. The van der Waals surface area contributed by atoms with Gasteiger partial charge in [0.25, 0.3) is 5.91 Å². The van der Waals surface area contributed by atoms with Gasteiger partial charge < -0.3 is 17.7 Å². The van der Waals surface area contributed by atoms with Crippen LogP contribution in [-0.2, 0) is 6.54 Å². The lowest BCUT2D eigenvalue weighted by atomic mass is 10.1. The third kappa shape index (κ3) is 3.86. The maximum Gasteiger partial charge on any atom is 0.251 e. The molecule has 0 spiro atoms. The summed E-state index contributed by atoms with van der Waals surface area (Å²) < 4.78 is 0. The van der Waals surface area contributed by atoms with E-state index >= 15 is 0 Å². The van der Waals surface area contributed by atoms with Gasteiger partial charge in [-0.05, 0) is 25.1 Å². The largest absolute Gasteiger partial charge is 1.00 e. The van der Waals surface area contributed by atoms with Crippen LogP contribution in [0.15, 0.2) is 48.8 Å². The molecule has 0 radical (unpaired) electrons. The highest BCUT2D eigenvalue weighted by molar-refractivity contribution is 5.94. The molecule has 0 saturated heterocycles. The van der Waals surface area contributed by atoms with E-state index in [1.54, 1.807) is 0 Å². The SMILES string of the molecule is Cc1ccc(C(=O)NCc2ccc[nH+]c2)cc1.[Cl-]. The fraction of sp³-hybridized carbons (Fsp3) is 0.143. The van der Waals surface area contributed by atoms with E-state index in [1.165, 1.54) is 0 Å². The first-order valence-electron chi connectivity index (χ1n) is 5.55. The molecule has 94 valence electrons. The first-order chi connectivity index (χ1) is 8.25. The lowest BCUT2D eigenvalue weighted by Crippen LogP contribution is -3.00. The number of aromatic amines is 1. The van der Waals surface area contributed by atoms with Crippen molar-refractivity contribution in [2.75, 3.05) is 0 Å². The fourth-order valence-corrected chi connectivity index (χ4v) is 1.53. The molecule has 2 aromatic rings. The predicted octanol–water partition coefficient (Wildman–Crippen LogP) is -1.26. The zero-order chi connectivity index (χ0) is 12.1. The van der Waals surface area contributed by atoms with Crippen LogP contribution in [0.2, 0.25) is 0 Å². The number of hydrogen-bond donors (Lipinski definition) is 1. The normalized spacial score (nSPS) is 9.39. The first-order valence-corrected chi connectivity index (χ1v) is 5.55. The van der Waals surface area contributed by atoms with Crippen LogP contribution in [0.3, 0.4) is 0 Å². The van der Waals surface area contributed by atoms with Gasteiger partial charge in [-0.3, -0.25) is 4.79 Å². The molecule has 3 nitrogen and oxygen atoms in total. The molecule has 2 rings (SSSR count). The van der Waals surface area contributed by atoms with Gasteiger partial charge in [0.2, 0.25) is 0 Å². The van der Waals surface area contributed by atoms with Crippen LogP contribution in [0.25, 0.3) is 0 Å². The standard InChI is InChI=1S/C14H14N2O.ClH/c1-11-4-6-13(7-5-11)14(17)16-10-12-3-2-8-15-9-12;/h2-9H,10H2,1H3,(H,16,17);1H. The van der Waals surface area contributed by atoms with Crippen LogP contribution in [0.5, 0.6) is 0 Å². The number of hydrogen-bond acceptors (Lipinski definition) is 1. The Balaban J connectivity index is 0.00000162. The molecule has 0 aliphatic carbocycles. The second-order valence-corrected chi connectivity index (χ2v) is 3.96. The van der Waals surface area contributed by atoms with Crippen molar-refractivity contribution in [1.82, 2.24) is 5.32 Å². The summed E-state index contributed by atoms with van der Waals surface area (Å²) in [5.41, 5.74) is 2.89. The molecule has 4 heteroatoms. The Hall–Kier alpha value is -1.87. The number of rotatable bonds is 3. The van der Waals surface area contributed by atoms with Crippen molar-refractivity contribution < 1.29 is 22.2 Å². The Morgan fingerprint density at radius 1 is 1.22 bits per heavy atom. The minimum absolute atomic E-state index is 0. The monoisotopic (exact) mass is 262 g/mol. The van der Waals surface area contributed by atoms with Crippen molar-refractivity contribution in [2.45, 2.75) is 13.5 Å². The van der Waals surface area contributed by atoms with Crippen LogP contribution >= 0.6 is 0 Å². The van der Waals surface area contributed by atoms with E-state index in [1.807, 2.05) is 55.7 Å². The van der Waals surface area contributed by atoms with Gasteiger partial charge in [0.15, 0.2) is 12.4 Å². The Bertz CT molecular complexity index is 497. The topological polar surface area (TPSA) is 43.2 Å². The third-order valence-corrected chi connectivity index (χ3v) is 2.54. The molecule has 1 aromatic carbocycles. The lowest BCUT2D eigenvalue weighted by molar-refractivity contribution is -0.378. The summed E-state index contributed by atoms with van der Waals surface area (Å²) in [5, 5.41) is 2.88. The molecule has 0 unspecified atom stereocenters. The highest BCUT2D eigenvalue weighted by Crippen LogP contribution is 2.03. The molecule has 1 amide bonds. The van der Waals surface area contributed by atoms with Gasteiger partial charge in [-0.15, -0.1) is 0 Å². The highest BCUT2D eigenvalue weighted by atomic mass is 35.5. The second-order valence-electron chi connectivity index (χ2n) is 3.96. The van der Waals surface area contributed by atoms with Crippen LogP contribution in [-0.4, -0.2) is 5.91 Å². The van der Waals surface area contributed by atoms with Crippen LogP contribution in [0.4, 0.5) is 0 Å². The number of nitrogens with one attached hydrogen (secondary N) is 2. The zero-order valence-corrected chi connectivity index (χ0v) is 10.9. The average molecular weight is 263 g/mol. The Morgan fingerprint density at radius 3 is 2.56 bits per heavy atom. The van der Waals surface area contributed by atoms with Gasteiger partial charge in [0.1, 0.15) is 0 Å². The van der Waals surface area contributed by atoms with Crippen molar-refractivity contribution in [1.29, 1.82) is 0 Å². The number of pyridine rings is 1. The summed E-state index contributed by atoms with van der Waals surface area (Å²) in [6, 6.07) is 11.4. The van der Waals surface area contributed by atoms with E-state index in [2.05, 4.69) is 10.3 Å². The minimum Gasteiger partial charge on any atom is -1.00 e. The maximum absolute atomic E-state index is 11.8. The smallest absolute Gasteiger partial charge is 0.251 e. The number of carbonyl (C=O) groups excluding carboxylic acids is 1. The maximum atomic E-state index is 11.8. The molecule has 18 heavy (non-hydrogen) atoms. The van der Waals surface area contributed by atoms with E-state index < -0.39 is 0 Å². The number of H-pyrrole nitrogens is 1. The van der Waals surface area contributed by atoms with E-state index in [0.29, 0.717) is 12.1 Å². The summed E-state index contributed by atoms with van der Waals surface area (Å²) in [7, 11) is 0. The van der Waals surface area contributed by atoms with Crippen molar-refractivity contribution in [3.8, 4) is 0 Å². The van der Waals surface area contributed by atoms with Crippen LogP contribution in [0.1, 0.15) is 21.5 Å². The molecular weight excluding hydrogens is 248 g/mol. The molecular formula is C14H15ClN2O. The molecule has 1 aromatic heterocycles. The Kier molecular flexibility index (Phi) is 5.33. The first kappa shape index (κ1) is 14.2. The van der Waals surface area contributed by atoms with Crippen molar-refractivity contribution in [3.05, 3.63) is 65.5 Å². The Labute approximate surface area is 113 Å². The van der Waals surface area contributed by atoms with Crippen molar-refractivity contribution >= 4 is 5.91 Å². The molecule has 0 aliphatic rings. The molecule has 0 fully saturated rings. The van der Waals surface area contributed by atoms with Crippen LogP contribution in [0, 0.1) is 6.92 Å². The third-order valence-electron chi connectivity index (χ3n) is 2.54. The number of carbonyl (C=O) groups is 1. The van der Waals surface area contributed by atoms with E-state index in [9.17, 15) is 4.79 Å². The highest BCUT2D eigenvalue weighted by Gasteiger charge is 2.04. The number of amides is 1. The molecule has 1 heterocycles. The fourth-order valence-electron chi connectivity index (χ4n) is 1.53. The predicted molar refractivity (Wildman–Crippen MR) is 65.3 cm³/mol. The number of aromatic nitrogens is 1. The van der Waals surface area contributed by atoms with Gasteiger partial charge in [-0.2, -0.15) is 0 Å². The summed E-state index contributed by atoms with van der Waals surface area (Å²) in [6.07, 6.45) is 3.71.